The second-order valence-corrected chi connectivity index (χ2v) is 8.67. The van der Waals surface area contributed by atoms with Crippen molar-refractivity contribution in [3.63, 3.8) is 0 Å². The molecule has 1 aromatic rings. The van der Waals surface area contributed by atoms with Gasteiger partial charge in [-0.05, 0) is 67.6 Å². The van der Waals surface area contributed by atoms with Crippen LogP contribution in [0, 0.1) is 17.3 Å². The molecule has 0 radical (unpaired) electrons. The molecule has 5 heteroatoms. The Morgan fingerprint density at radius 3 is 2.44 bits per heavy atom. The number of esters is 1. The lowest BCUT2D eigenvalue weighted by Crippen LogP contribution is -2.58. The van der Waals surface area contributed by atoms with E-state index in [4.69, 9.17) is 0 Å². The maximum Gasteiger partial charge on any atom is 0.330 e. The standard InChI is InChI=1S/C22H26FNO3/c1-27-19(25)7-6-15-2-4-16(5-3-15)13-24-20(26)21-9-17-8-18(10-21)12-22(23,11-17)14-21/h2-7,17-18H,8-14H2,1H3,(H,24,26)/b7-6+/t17-,18+,21?,22?. The van der Waals surface area contributed by atoms with Gasteiger partial charge in [-0.15, -0.1) is 0 Å². The lowest BCUT2D eigenvalue weighted by atomic mass is 9.48. The third-order valence-corrected chi connectivity index (χ3v) is 6.52. The molecule has 0 saturated heterocycles. The first kappa shape index (κ1) is 18.2. The summed E-state index contributed by atoms with van der Waals surface area (Å²) in [5.41, 5.74) is 0.256. The lowest BCUT2D eigenvalue weighted by Gasteiger charge is -2.58. The predicted octanol–water partition coefficient (Wildman–Crippen LogP) is 3.80. The summed E-state index contributed by atoms with van der Waals surface area (Å²) in [6.45, 7) is 0.441. The Bertz CT molecular complexity index is 756. The molecular formula is C22H26FNO3. The largest absolute Gasteiger partial charge is 0.466 e. The highest BCUT2D eigenvalue weighted by molar-refractivity contribution is 5.87. The van der Waals surface area contributed by atoms with Gasteiger partial charge in [0.25, 0.3) is 0 Å². The topological polar surface area (TPSA) is 55.4 Å². The fraction of sp³-hybridized carbons (Fsp3) is 0.545. The van der Waals surface area contributed by atoms with Crippen LogP contribution in [-0.4, -0.2) is 24.7 Å². The third kappa shape index (κ3) is 3.64. The molecule has 4 aliphatic carbocycles. The number of benzene rings is 1. The first-order valence-electron chi connectivity index (χ1n) is 9.72. The molecule has 27 heavy (non-hydrogen) atoms. The van der Waals surface area contributed by atoms with Crippen LogP contribution in [0.15, 0.2) is 30.3 Å². The number of methoxy groups -OCH3 is 1. The molecule has 5 rings (SSSR count). The SMILES string of the molecule is COC(=O)/C=C/c1ccc(CNC(=O)C23C[C@@H]4C[C@@H](CC(F)(C4)C2)C3)cc1. The second-order valence-electron chi connectivity index (χ2n) is 8.67. The van der Waals surface area contributed by atoms with Crippen LogP contribution >= 0.6 is 0 Å². The van der Waals surface area contributed by atoms with Crippen LogP contribution in [0.3, 0.4) is 0 Å². The maximum absolute atomic E-state index is 15.0. The fourth-order valence-electron chi connectivity index (χ4n) is 5.77. The number of halogens is 1. The number of nitrogens with one attached hydrogen (secondary N) is 1. The van der Waals surface area contributed by atoms with Gasteiger partial charge in [0.15, 0.2) is 0 Å². The van der Waals surface area contributed by atoms with E-state index < -0.39 is 17.1 Å². The highest BCUT2D eigenvalue weighted by Crippen LogP contribution is 2.63. The summed E-state index contributed by atoms with van der Waals surface area (Å²) in [7, 11) is 1.34. The first-order chi connectivity index (χ1) is 12.9. The van der Waals surface area contributed by atoms with Crippen molar-refractivity contribution in [2.45, 2.75) is 50.7 Å². The molecule has 4 bridgehead atoms. The van der Waals surface area contributed by atoms with E-state index >= 15 is 4.39 Å². The summed E-state index contributed by atoms with van der Waals surface area (Å²) in [6, 6.07) is 7.63. The van der Waals surface area contributed by atoms with Gasteiger partial charge in [-0.25, -0.2) is 9.18 Å². The highest BCUT2D eigenvalue weighted by atomic mass is 19.1. The molecule has 0 heterocycles. The normalized spacial score (nSPS) is 34.0. The number of hydrogen-bond acceptors (Lipinski definition) is 3. The van der Waals surface area contributed by atoms with E-state index in [1.807, 2.05) is 24.3 Å². The van der Waals surface area contributed by atoms with E-state index in [1.165, 1.54) is 13.2 Å². The zero-order valence-electron chi connectivity index (χ0n) is 15.7. The summed E-state index contributed by atoms with van der Waals surface area (Å²) in [4.78, 5) is 24.1. The number of alkyl halides is 1. The van der Waals surface area contributed by atoms with Crippen LogP contribution in [0.5, 0.6) is 0 Å². The summed E-state index contributed by atoms with van der Waals surface area (Å²) >= 11 is 0. The lowest BCUT2D eigenvalue weighted by molar-refractivity contribution is -0.160. The Morgan fingerprint density at radius 1 is 1.19 bits per heavy atom. The molecule has 2 unspecified atom stereocenters. The number of carbonyl (C=O) groups is 2. The Kier molecular flexibility index (Phi) is 4.57. The summed E-state index contributed by atoms with van der Waals surface area (Å²) in [5, 5.41) is 3.05. The maximum atomic E-state index is 15.0. The van der Waals surface area contributed by atoms with E-state index in [9.17, 15) is 9.59 Å². The van der Waals surface area contributed by atoms with Crippen LogP contribution < -0.4 is 5.32 Å². The van der Waals surface area contributed by atoms with Gasteiger partial charge in [-0.2, -0.15) is 0 Å². The molecule has 4 atom stereocenters. The average Bonchev–Trinajstić information content (AvgIpc) is 2.63. The van der Waals surface area contributed by atoms with Gasteiger partial charge in [0.2, 0.25) is 5.91 Å². The fourth-order valence-corrected chi connectivity index (χ4v) is 5.77. The molecule has 1 aromatic carbocycles. The highest BCUT2D eigenvalue weighted by Gasteiger charge is 2.61. The monoisotopic (exact) mass is 371 g/mol. The quantitative estimate of drug-likeness (QED) is 0.633. The molecule has 0 aromatic heterocycles. The van der Waals surface area contributed by atoms with Gasteiger partial charge in [0, 0.05) is 12.6 Å². The van der Waals surface area contributed by atoms with Crippen LogP contribution in [0.25, 0.3) is 6.08 Å². The smallest absolute Gasteiger partial charge is 0.330 e. The van der Waals surface area contributed by atoms with E-state index in [0.29, 0.717) is 37.6 Å². The van der Waals surface area contributed by atoms with Crippen molar-refractivity contribution in [3.05, 3.63) is 41.5 Å². The number of rotatable bonds is 5. The number of amides is 1. The first-order valence-corrected chi connectivity index (χ1v) is 9.72. The van der Waals surface area contributed by atoms with Gasteiger partial charge in [-0.1, -0.05) is 24.3 Å². The molecule has 4 nitrogen and oxygen atoms in total. The average molecular weight is 371 g/mol. The minimum absolute atomic E-state index is 0.0216. The van der Waals surface area contributed by atoms with Crippen LogP contribution in [0.2, 0.25) is 0 Å². The van der Waals surface area contributed by atoms with Crippen LogP contribution in [0.4, 0.5) is 4.39 Å². The molecule has 0 aliphatic heterocycles. The van der Waals surface area contributed by atoms with Crippen LogP contribution in [-0.2, 0) is 20.9 Å². The Hall–Kier alpha value is -2.17. The van der Waals surface area contributed by atoms with E-state index in [2.05, 4.69) is 10.1 Å². The second kappa shape index (κ2) is 6.77. The van der Waals surface area contributed by atoms with Gasteiger partial charge >= 0.3 is 5.97 Å². The molecular weight excluding hydrogens is 345 g/mol. The zero-order valence-corrected chi connectivity index (χ0v) is 15.7. The van der Waals surface area contributed by atoms with Crippen molar-refractivity contribution in [2.24, 2.45) is 17.3 Å². The minimum Gasteiger partial charge on any atom is -0.466 e. The van der Waals surface area contributed by atoms with Crippen molar-refractivity contribution < 1.29 is 18.7 Å². The predicted molar refractivity (Wildman–Crippen MR) is 100 cm³/mol. The molecule has 4 saturated carbocycles. The van der Waals surface area contributed by atoms with E-state index in [0.717, 1.165) is 30.4 Å². The van der Waals surface area contributed by atoms with Crippen molar-refractivity contribution >= 4 is 18.0 Å². The molecule has 4 aliphatic rings. The minimum atomic E-state index is -1.12. The molecule has 144 valence electrons. The Labute approximate surface area is 159 Å². The summed E-state index contributed by atoms with van der Waals surface area (Å²) in [6.07, 6.45) is 7.55. The van der Waals surface area contributed by atoms with E-state index in [-0.39, 0.29) is 5.91 Å². The van der Waals surface area contributed by atoms with Gasteiger partial charge in [-0.3, -0.25) is 4.79 Å². The zero-order chi connectivity index (χ0) is 19.1. The van der Waals surface area contributed by atoms with Crippen LogP contribution in [0.1, 0.15) is 49.7 Å². The molecule has 1 amide bonds. The molecule has 4 fully saturated rings. The summed E-state index contributed by atoms with van der Waals surface area (Å²) < 4.78 is 19.6. The van der Waals surface area contributed by atoms with Gasteiger partial charge in [0.1, 0.15) is 5.67 Å². The molecule has 0 spiro atoms. The number of carbonyl (C=O) groups excluding carboxylic acids is 2. The van der Waals surface area contributed by atoms with Gasteiger partial charge < -0.3 is 10.1 Å². The van der Waals surface area contributed by atoms with Crippen molar-refractivity contribution in [1.82, 2.24) is 5.32 Å². The Morgan fingerprint density at radius 2 is 1.85 bits per heavy atom. The van der Waals surface area contributed by atoms with Crippen molar-refractivity contribution in [2.75, 3.05) is 7.11 Å². The molecule has 1 N–H and O–H groups in total. The van der Waals surface area contributed by atoms with E-state index in [1.54, 1.807) is 6.08 Å². The third-order valence-electron chi connectivity index (χ3n) is 6.52. The number of hydrogen-bond donors (Lipinski definition) is 1. The number of ether oxygens (including phenoxy) is 1. The van der Waals surface area contributed by atoms with Gasteiger partial charge in [0.05, 0.1) is 12.5 Å². The van der Waals surface area contributed by atoms with Crippen molar-refractivity contribution in [1.29, 1.82) is 0 Å². The Balaban J connectivity index is 1.37. The summed E-state index contributed by atoms with van der Waals surface area (Å²) in [5.74, 6) is 0.381. The van der Waals surface area contributed by atoms with Crippen molar-refractivity contribution in [3.8, 4) is 0 Å².